The first-order valence-corrected chi connectivity index (χ1v) is 34.8. The second-order valence-corrected chi connectivity index (χ2v) is 27.8. The van der Waals surface area contributed by atoms with E-state index in [0.29, 0.717) is 0 Å². The van der Waals surface area contributed by atoms with E-state index in [1.54, 1.807) is 0 Å². The first kappa shape index (κ1) is 61.4. The zero-order valence-corrected chi connectivity index (χ0v) is 57.2. The highest BCUT2D eigenvalue weighted by molar-refractivity contribution is 6.17. The van der Waals surface area contributed by atoms with Crippen LogP contribution < -0.4 is 9.80 Å². The summed E-state index contributed by atoms with van der Waals surface area (Å²) in [5.74, 6) is 0. The van der Waals surface area contributed by atoms with E-state index in [2.05, 4.69) is 371 Å². The maximum atomic E-state index is 4.15. The first-order chi connectivity index (χ1) is 48.9. The lowest BCUT2D eigenvalue weighted by Gasteiger charge is -2.36. The Balaban J connectivity index is 0.917. The van der Waals surface area contributed by atoms with E-state index >= 15 is 0 Å². The topological polar surface area (TPSA) is 16.3 Å². The van der Waals surface area contributed by atoms with E-state index in [-0.39, 0.29) is 10.8 Å². The fourth-order valence-electron chi connectivity index (χ4n) is 16.2. The minimum atomic E-state index is -0.358. The molecule has 2 aromatic heterocycles. The molecule has 0 radical (unpaired) electrons. The number of anilines is 6. The monoisotopic (exact) mass is 1280 g/mol. The summed E-state index contributed by atoms with van der Waals surface area (Å²) in [5, 5.41) is 4.80. The fraction of sp³-hybridized carbons (Fsp3) is 0.0833. The van der Waals surface area contributed by atoms with Crippen LogP contribution in [0.3, 0.4) is 0 Å². The Kier molecular flexibility index (Phi) is 15.0. The van der Waals surface area contributed by atoms with Gasteiger partial charge in [0.25, 0.3) is 0 Å². The summed E-state index contributed by atoms with van der Waals surface area (Å²) in [4.78, 5) is 4.89. The maximum Gasteiger partial charge on any atom is 0.0582 e. The van der Waals surface area contributed by atoms with Crippen molar-refractivity contribution >= 4 is 89.4 Å². The van der Waals surface area contributed by atoms with E-state index in [9.17, 15) is 0 Å². The number of rotatable bonds is 16. The molecule has 0 saturated heterocycles. The van der Waals surface area contributed by atoms with Gasteiger partial charge in [0.05, 0.1) is 33.4 Å². The number of aromatic nitrogens is 2. The lowest BCUT2D eigenvalue weighted by atomic mass is 9.72. The van der Waals surface area contributed by atoms with E-state index in [1.807, 2.05) is 24.3 Å². The van der Waals surface area contributed by atoms with Gasteiger partial charge in [-0.15, -0.1) is 6.58 Å². The molecule has 4 heterocycles. The van der Waals surface area contributed by atoms with Crippen LogP contribution in [-0.4, -0.2) is 9.13 Å². The average Bonchev–Trinajstić information content (AvgIpc) is 1.52. The van der Waals surface area contributed by atoms with E-state index in [4.69, 9.17) is 0 Å². The second-order valence-electron chi connectivity index (χ2n) is 27.8. The molecule has 0 spiro atoms. The molecular weight excluding hydrogens is 1210 g/mol. The van der Waals surface area contributed by atoms with Gasteiger partial charge in [0.1, 0.15) is 0 Å². The lowest BCUT2D eigenvalue weighted by Crippen LogP contribution is -2.26. The van der Waals surface area contributed by atoms with Crippen molar-refractivity contribution in [1.29, 1.82) is 0 Å². The van der Waals surface area contributed by atoms with Gasteiger partial charge in [0.2, 0.25) is 0 Å². The van der Waals surface area contributed by atoms with Crippen LogP contribution in [-0.2, 0) is 17.3 Å². The highest BCUT2D eigenvalue weighted by Gasteiger charge is 2.39. The van der Waals surface area contributed by atoms with Crippen molar-refractivity contribution in [1.82, 2.24) is 9.13 Å². The third-order valence-corrected chi connectivity index (χ3v) is 21.2. The van der Waals surface area contributed by atoms with Gasteiger partial charge in [-0.25, -0.2) is 0 Å². The van der Waals surface area contributed by atoms with Crippen LogP contribution in [0.5, 0.6) is 0 Å². The van der Waals surface area contributed by atoms with Crippen LogP contribution in [0.25, 0.3) is 111 Å². The Hall–Kier alpha value is -12.2. The SMILES string of the molecule is C=C/C=C\C(=C/C)c1cc(-c2ccccc2)cc(N(c2ccc(CC=C)cc2)c2ccc3c(c2)c2cc(-c4cc5c6c(c4)c4cc(N(c7ccc(C=C)cc7)c7cc(-c8ccccc8)cc(-c8ccccc8)c7)ccc4n6-c4ccccc4C5(C)C)cc4c2n3-c2ccccc2C4(C)C)c1. The molecule has 15 aromatic rings. The second kappa shape index (κ2) is 24.4. The summed E-state index contributed by atoms with van der Waals surface area (Å²) in [6.07, 6.45) is 12.9. The normalized spacial score (nSPS) is 13.4. The molecular formula is C96H76N4. The van der Waals surface area contributed by atoms with Crippen molar-refractivity contribution in [3.8, 4) is 55.9 Å². The summed E-state index contributed by atoms with van der Waals surface area (Å²) in [7, 11) is 0. The molecule has 4 nitrogen and oxygen atoms in total. The Morgan fingerprint density at radius 1 is 0.370 bits per heavy atom. The summed E-state index contributed by atoms with van der Waals surface area (Å²) >= 11 is 0. The minimum absolute atomic E-state index is 0.356. The van der Waals surface area contributed by atoms with Crippen molar-refractivity contribution in [2.24, 2.45) is 0 Å². The highest BCUT2D eigenvalue weighted by atomic mass is 15.2. The minimum Gasteiger partial charge on any atom is -0.310 e. The number of para-hydroxylation sites is 2. The maximum absolute atomic E-state index is 4.15. The molecule has 0 N–H and O–H groups in total. The predicted octanol–water partition coefficient (Wildman–Crippen LogP) is 26.3. The summed E-state index contributed by atoms with van der Waals surface area (Å²) in [5.41, 5.74) is 31.9. The number of allylic oxidation sites excluding steroid dienone is 6. The van der Waals surface area contributed by atoms with E-state index in [0.717, 1.165) is 90.6 Å². The Morgan fingerprint density at radius 3 is 1.24 bits per heavy atom. The number of nitrogens with zero attached hydrogens (tertiary/aromatic N) is 4. The molecule has 0 unspecified atom stereocenters. The molecule has 480 valence electrons. The number of hydrogen-bond acceptors (Lipinski definition) is 2. The van der Waals surface area contributed by atoms with Crippen LogP contribution in [0.15, 0.2) is 335 Å². The largest absolute Gasteiger partial charge is 0.310 e. The third kappa shape index (κ3) is 10.1. The van der Waals surface area contributed by atoms with Crippen molar-refractivity contribution in [3.05, 3.63) is 374 Å². The third-order valence-electron chi connectivity index (χ3n) is 21.2. The average molecular weight is 1290 g/mol. The zero-order valence-electron chi connectivity index (χ0n) is 57.2. The van der Waals surface area contributed by atoms with Gasteiger partial charge in [-0.05, 0) is 236 Å². The van der Waals surface area contributed by atoms with Crippen LogP contribution >= 0.6 is 0 Å². The van der Waals surface area contributed by atoms with Crippen molar-refractivity contribution in [2.75, 3.05) is 9.80 Å². The summed E-state index contributed by atoms with van der Waals surface area (Å²) in [6, 6.07) is 107. The standard InChI is InChI=1S/C96H76N4/c1-9-13-28-65(12-4)69-51-70(66-29-17-14-18-30-66)54-79(53-69)98(76-45-41-64(27-10-2)42-46-76)78-48-50-90-82(62-78)84-58-74(60-88-94(84)100(90)92-38-26-24-36-86(92)96(88,7)8)73-57-83-81-61-77(47-49-89(81)99-91-37-25-23-35-85(91)95(5,6)87(59-73)93(83)99)97(75-43-39-63(11-3)40-44-75)80-55-71(67-31-19-15-20-32-67)52-72(56-80)68-33-21-16-22-34-68/h9-26,28-62H,1-3,27H2,4-8H3/b28-13-,65-12+. The van der Waals surface area contributed by atoms with Crippen LogP contribution in [0, 0.1) is 0 Å². The molecule has 13 aromatic carbocycles. The Labute approximate surface area is 586 Å². The molecule has 2 aliphatic rings. The van der Waals surface area contributed by atoms with E-state index < -0.39 is 0 Å². The van der Waals surface area contributed by atoms with Gasteiger partial charge in [0.15, 0.2) is 0 Å². The van der Waals surface area contributed by atoms with Gasteiger partial charge < -0.3 is 18.9 Å². The van der Waals surface area contributed by atoms with Gasteiger partial charge in [-0.2, -0.15) is 0 Å². The Bertz CT molecular complexity index is 5800. The molecule has 4 heteroatoms. The van der Waals surface area contributed by atoms with Gasteiger partial charge >= 0.3 is 0 Å². The molecule has 0 bridgehead atoms. The molecule has 17 rings (SSSR count). The van der Waals surface area contributed by atoms with Crippen LogP contribution in [0.4, 0.5) is 34.1 Å². The quantitative estimate of drug-likeness (QED) is 0.0708. The van der Waals surface area contributed by atoms with Crippen molar-refractivity contribution in [2.45, 2.75) is 51.9 Å². The van der Waals surface area contributed by atoms with Gasteiger partial charge in [-0.3, -0.25) is 0 Å². The number of fused-ring (bicyclic) bond motifs is 10. The predicted molar refractivity (Wildman–Crippen MR) is 427 cm³/mol. The molecule has 0 aliphatic carbocycles. The van der Waals surface area contributed by atoms with Crippen LogP contribution in [0.2, 0.25) is 0 Å². The smallest absolute Gasteiger partial charge is 0.0582 e. The van der Waals surface area contributed by atoms with Crippen LogP contribution in [0.1, 0.15) is 73.6 Å². The molecule has 2 aliphatic heterocycles. The number of benzene rings is 13. The number of hydrogen-bond donors (Lipinski definition) is 0. The fourth-order valence-corrected chi connectivity index (χ4v) is 16.2. The zero-order chi connectivity index (χ0) is 68.0. The molecule has 0 amide bonds. The lowest BCUT2D eigenvalue weighted by molar-refractivity contribution is 0.629. The van der Waals surface area contributed by atoms with Crippen molar-refractivity contribution in [3.63, 3.8) is 0 Å². The van der Waals surface area contributed by atoms with E-state index in [1.165, 1.54) is 93.9 Å². The first-order valence-electron chi connectivity index (χ1n) is 34.8. The summed E-state index contributed by atoms with van der Waals surface area (Å²) < 4.78 is 5.11. The molecule has 0 saturated carbocycles. The molecule has 0 atom stereocenters. The Morgan fingerprint density at radius 2 is 0.790 bits per heavy atom. The molecule has 100 heavy (non-hydrogen) atoms. The highest BCUT2D eigenvalue weighted by Crippen LogP contribution is 2.54. The van der Waals surface area contributed by atoms with Crippen molar-refractivity contribution < 1.29 is 0 Å². The molecule has 0 fully saturated rings. The van der Waals surface area contributed by atoms with Gasteiger partial charge in [0, 0.05) is 66.5 Å². The van der Waals surface area contributed by atoms with Gasteiger partial charge in [-0.1, -0.05) is 229 Å². The summed E-state index contributed by atoms with van der Waals surface area (Å²) in [6.45, 7) is 24.1.